The minimum absolute atomic E-state index is 0.0850. The molecule has 2 bridgehead atoms. The molecule has 2 fully saturated rings. The van der Waals surface area contributed by atoms with E-state index in [0.29, 0.717) is 28.5 Å². The second-order valence-electron chi connectivity index (χ2n) is 8.18. The molecule has 2 aromatic heterocycles. The molecule has 3 aromatic rings. The third-order valence-corrected chi connectivity index (χ3v) is 6.39. The number of halogens is 1. The molecule has 2 aliphatic rings. The van der Waals surface area contributed by atoms with Gasteiger partial charge in [0.25, 0.3) is 5.56 Å². The number of hydrogen-bond donors (Lipinski definition) is 2. The van der Waals surface area contributed by atoms with Crippen molar-refractivity contribution < 1.29 is 9.50 Å². The third kappa shape index (κ3) is 2.92. The van der Waals surface area contributed by atoms with E-state index in [-0.39, 0.29) is 28.9 Å². The predicted octanol–water partition coefficient (Wildman–Crippen LogP) is 1.76. The highest BCUT2D eigenvalue weighted by Gasteiger charge is 2.43. The molecule has 9 heteroatoms. The van der Waals surface area contributed by atoms with Crippen molar-refractivity contribution in [1.29, 1.82) is 0 Å². The molecule has 2 unspecified atom stereocenters. The largest absolute Gasteiger partial charge is 0.505 e. The van der Waals surface area contributed by atoms with E-state index in [9.17, 15) is 14.3 Å². The van der Waals surface area contributed by atoms with Crippen molar-refractivity contribution in [2.45, 2.75) is 43.6 Å². The molecular weight excluding hydrogens is 387 g/mol. The van der Waals surface area contributed by atoms with Crippen LogP contribution in [-0.2, 0) is 7.05 Å². The van der Waals surface area contributed by atoms with Crippen LogP contribution in [0.2, 0.25) is 0 Å². The van der Waals surface area contributed by atoms with Crippen molar-refractivity contribution in [2.75, 3.05) is 11.9 Å². The molecule has 4 heterocycles. The van der Waals surface area contributed by atoms with Crippen LogP contribution in [0.15, 0.2) is 35.6 Å². The van der Waals surface area contributed by atoms with E-state index in [1.54, 1.807) is 31.6 Å². The van der Waals surface area contributed by atoms with Gasteiger partial charge in [0.15, 0.2) is 5.75 Å². The molecule has 0 aliphatic carbocycles. The van der Waals surface area contributed by atoms with E-state index in [0.717, 1.165) is 19.3 Å². The molecule has 0 amide bonds. The van der Waals surface area contributed by atoms with Crippen LogP contribution in [0.1, 0.15) is 19.3 Å². The second kappa shape index (κ2) is 7.02. The first kappa shape index (κ1) is 18.9. The fourth-order valence-electron chi connectivity index (χ4n) is 4.64. The number of phenolic OH excluding ortho intramolecular Hbond substituents is 1. The van der Waals surface area contributed by atoms with E-state index in [4.69, 9.17) is 0 Å². The minimum atomic E-state index is -0.951. The molecule has 2 saturated heterocycles. The van der Waals surface area contributed by atoms with Crippen LogP contribution in [0.5, 0.6) is 5.75 Å². The lowest BCUT2D eigenvalue weighted by molar-refractivity contribution is 0.176. The highest BCUT2D eigenvalue weighted by atomic mass is 19.1. The Labute approximate surface area is 172 Å². The van der Waals surface area contributed by atoms with Crippen molar-refractivity contribution in [3.8, 4) is 17.0 Å². The zero-order chi connectivity index (χ0) is 21.0. The Balaban J connectivity index is 1.44. The van der Waals surface area contributed by atoms with Crippen molar-refractivity contribution in [2.24, 2.45) is 7.05 Å². The Hall–Kier alpha value is -3.07. The van der Waals surface area contributed by atoms with Gasteiger partial charge in [0.05, 0.1) is 35.8 Å². The van der Waals surface area contributed by atoms with Crippen LogP contribution >= 0.6 is 0 Å². The normalized spacial score (nSPS) is 25.6. The van der Waals surface area contributed by atoms with Gasteiger partial charge in [0.2, 0.25) is 0 Å². The number of fused-ring (bicyclic) bond motifs is 3. The van der Waals surface area contributed by atoms with Gasteiger partial charge < -0.3 is 19.9 Å². The predicted molar refractivity (Wildman–Crippen MR) is 111 cm³/mol. The van der Waals surface area contributed by atoms with E-state index in [1.165, 1.54) is 10.9 Å². The van der Waals surface area contributed by atoms with Crippen LogP contribution in [0.25, 0.3) is 22.2 Å². The van der Waals surface area contributed by atoms with Gasteiger partial charge in [-0.25, -0.2) is 14.4 Å². The summed E-state index contributed by atoms with van der Waals surface area (Å²) < 4.78 is 16.2. The van der Waals surface area contributed by atoms with Crippen molar-refractivity contribution in [3.63, 3.8) is 0 Å². The summed E-state index contributed by atoms with van der Waals surface area (Å²) in [5.41, 5.74) is 0.884. The van der Waals surface area contributed by atoms with E-state index < -0.39 is 6.17 Å². The van der Waals surface area contributed by atoms with Crippen LogP contribution in [0.3, 0.4) is 0 Å². The van der Waals surface area contributed by atoms with Gasteiger partial charge in [-0.1, -0.05) is 0 Å². The highest BCUT2D eigenvalue weighted by Crippen LogP contribution is 2.35. The standard InChI is InChI=1S/C21H23FN6O2/c1-27-10-25-19-13(21(27)30)5-4-12(20(19)29)15-8-24-17(9-23-15)28(2)16-7-11-3-6-14(26-11)18(16)22/h4-5,8-11,14,16,18,26,29H,3,6-7H2,1-2H3/t11?,14?,16-,18+/m0/s1. The number of rotatable bonds is 3. The number of piperidine rings is 1. The smallest absolute Gasteiger partial charge is 0.261 e. The monoisotopic (exact) mass is 410 g/mol. The average molecular weight is 410 g/mol. The van der Waals surface area contributed by atoms with Gasteiger partial charge in [0.1, 0.15) is 17.5 Å². The summed E-state index contributed by atoms with van der Waals surface area (Å²) in [6.45, 7) is 0. The Morgan fingerprint density at radius 1 is 1.23 bits per heavy atom. The number of aryl methyl sites for hydroxylation is 1. The number of benzene rings is 1. The maximum atomic E-state index is 14.9. The summed E-state index contributed by atoms with van der Waals surface area (Å²) in [6, 6.07) is 3.30. The van der Waals surface area contributed by atoms with Crippen LogP contribution in [-0.4, -0.2) is 56.0 Å². The van der Waals surface area contributed by atoms with E-state index >= 15 is 0 Å². The van der Waals surface area contributed by atoms with Crippen molar-refractivity contribution in [3.05, 3.63) is 41.2 Å². The number of hydrogen-bond acceptors (Lipinski definition) is 7. The number of anilines is 1. The summed E-state index contributed by atoms with van der Waals surface area (Å²) in [7, 11) is 3.45. The Bertz CT molecular complexity index is 1160. The first-order valence-corrected chi connectivity index (χ1v) is 10.1. The van der Waals surface area contributed by atoms with Gasteiger partial charge in [-0.3, -0.25) is 9.78 Å². The molecule has 0 saturated carbocycles. The molecule has 156 valence electrons. The van der Waals surface area contributed by atoms with Crippen molar-refractivity contribution >= 4 is 16.7 Å². The first-order valence-electron chi connectivity index (χ1n) is 10.1. The lowest BCUT2D eigenvalue weighted by Gasteiger charge is -2.38. The summed E-state index contributed by atoms with van der Waals surface area (Å²) >= 11 is 0. The van der Waals surface area contributed by atoms with Gasteiger partial charge in [0, 0.05) is 31.7 Å². The lowest BCUT2D eigenvalue weighted by atomic mass is 9.96. The summed E-state index contributed by atoms with van der Waals surface area (Å²) in [4.78, 5) is 27.2. The molecule has 0 radical (unpaired) electrons. The molecule has 4 atom stereocenters. The number of aromatic nitrogens is 4. The van der Waals surface area contributed by atoms with Gasteiger partial charge in [-0.2, -0.15) is 0 Å². The van der Waals surface area contributed by atoms with E-state index in [2.05, 4.69) is 20.3 Å². The topological polar surface area (TPSA) is 96.2 Å². The SMILES string of the molecule is CN(c1cnc(-c2ccc3c(=O)n(C)cnc3c2O)cn1)[C@H]1CC2CCC(N2)[C@H]1F. The molecule has 2 aliphatic heterocycles. The van der Waals surface area contributed by atoms with Gasteiger partial charge in [-0.05, 0) is 31.4 Å². The molecule has 5 rings (SSSR count). The van der Waals surface area contributed by atoms with Crippen molar-refractivity contribution in [1.82, 2.24) is 24.8 Å². The molecule has 0 spiro atoms. The Kier molecular flexibility index (Phi) is 4.43. The maximum Gasteiger partial charge on any atom is 0.261 e. The average Bonchev–Trinajstić information content (AvgIpc) is 3.17. The summed E-state index contributed by atoms with van der Waals surface area (Å²) in [5, 5.41) is 14.3. The molecule has 30 heavy (non-hydrogen) atoms. The number of alkyl halides is 1. The Morgan fingerprint density at radius 2 is 2.07 bits per heavy atom. The van der Waals surface area contributed by atoms with Crippen LogP contribution in [0, 0.1) is 0 Å². The maximum absolute atomic E-state index is 14.9. The first-order chi connectivity index (χ1) is 14.4. The Morgan fingerprint density at radius 3 is 2.83 bits per heavy atom. The lowest BCUT2D eigenvalue weighted by Crippen LogP contribution is -2.55. The molecule has 1 aromatic carbocycles. The van der Waals surface area contributed by atoms with Crippen LogP contribution < -0.4 is 15.8 Å². The fourth-order valence-corrected chi connectivity index (χ4v) is 4.64. The number of aromatic hydroxyl groups is 1. The zero-order valence-corrected chi connectivity index (χ0v) is 16.8. The van der Waals surface area contributed by atoms with Gasteiger partial charge >= 0.3 is 0 Å². The molecular formula is C21H23FN6O2. The highest BCUT2D eigenvalue weighted by molar-refractivity contribution is 5.90. The summed E-state index contributed by atoms with van der Waals surface area (Å²) in [6.07, 6.45) is 6.19. The number of nitrogens with one attached hydrogen (secondary N) is 1. The quantitative estimate of drug-likeness (QED) is 0.679. The third-order valence-electron chi connectivity index (χ3n) is 6.39. The number of phenols is 1. The van der Waals surface area contributed by atoms with E-state index in [1.807, 2.05) is 11.9 Å². The fraction of sp³-hybridized carbons (Fsp3) is 0.429. The van der Waals surface area contributed by atoms with Gasteiger partial charge in [-0.15, -0.1) is 0 Å². The zero-order valence-electron chi connectivity index (χ0n) is 16.8. The minimum Gasteiger partial charge on any atom is -0.505 e. The molecule has 2 N–H and O–H groups in total. The van der Waals surface area contributed by atoms with Crippen LogP contribution in [0.4, 0.5) is 10.2 Å². The summed E-state index contributed by atoms with van der Waals surface area (Å²) in [5.74, 6) is 0.472. The number of nitrogens with zero attached hydrogens (tertiary/aromatic N) is 5. The molecule has 8 nitrogen and oxygen atoms in total. The second-order valence-corrected chi connectivity index (χ2v) is 8.18.